The average molecular weight is 531 g/mol. The molecule has 2 aliphatic heterocycles. The summed E-state index contributed by atoms with van der Waals surface area (Å²) in [6, 6.07) is 15.5. The highest BCUT2D eigenvalue weighted by Gasteiger charge is 2.48. The number of Topliss-reactive ketones (excluding diaryl/α,β-unsaturated/α-hetero) is 1. The largest absolute Gasteiger partial charge is 0.507 e. The summed E-state index contributed by atoms with van der Waals surface area (Å²) in [5.41, 5.74) is 4.95. The van der Waals surface area contributed by atoms with Gasteiger partial charge in [-0.15, -0.1) is 0 Å². The van der Waals surface area contributed by atoms with E-state index in [0.29, 0.717) is 27.7 Å². The molecule has 6 nitrogen and oxygen atoms in total. The fourth-order valence-corrected chi connectivity index (χ4v) is 6.47. The maximum absolute atomic E-state index is 13.5. The maximum atomic E-state index is 13.5. The Morgan fingerprint density at radius 3 is 2.62 bits per heavy atom. The predicted molar refractivity (Wildman–Crippen MR) is 146 cm³/mol. The number of anilines is 1. The predicted octanol–water partition coefficient (Wildman–Crippen LogP) is 6.52. The van der Waals surface area contributed by atoms with Crippen LogP contribution in [-0.2, 0) is 16.0 Å². The second-order valence-corrected chi connectivity index (χ2v) is 11.0. The van der Waals surface area contributed by atoms with Crippen molar-refractivity contribution in [2.75, 3.05) is 4.90 Å². The number of aliphatic hydroxyl groups excluding tert-OH is 1. The number of aryl methyl sites for hydroxylation is 2. The van der Waals surface area contributed by atoms with E-state index in [1.807, 2.05) is 39.0 Å². The molecule has 0 aliphatic carbocycles. The molecule has 0 unspecified atom stereocenters. The third-order valence-electron chi connectivity index (χ3n) is 6.82. The second kappa shape index (κ2) is 8.71. The highest BCUT2D eigenvalue weighted by Crippen LogP contribution is 2.45. The number of hydrogen-bond acceptors (Lipinski definition) is 6. The van der Waals surface area contributed by atoms with E-state index < -0.39 is 17.7 Å². The van der Waals surface area contributed by atoms with Crippen LogP contribution in [0.1, 0.15) is 40.8 Å². The minimum atomic E-state index is -0.859. The molecule has 1 aromatic heterocycles. The van der Waals surface area contributed by atoms with E-state index in [4.69, 9.17) is 21.3 Å². The highest BCUT2D eigenvalue weighted by molar-refractivity contribution is 7.22. The van der Waals surface area contributed by atoms with Gasteiger partial charge in [0.2, 0.25) is 0 Å². The lowest BCUT2D eigenvalue weighted by Gasteiger charge is -2.23. The third-order valence-corrected chi connectivity index (χ3v) is 8.08. The number of benzene rings is 3. The number of thiazole rings is 1. The first-order chi connectivity index (χ1) is 17.7. The summed E-state index contributed by atoms with van der Waals surface area (Å²) in [4.78, 5) is 33.2. The summed E-state index contributed by atoms with van der Waals surface area (Å²) in [6.45, 7) is 5.96. The molecule has 2 atom stereocenters. The number of carbonyl (C=O) groups is 2. The van der Waals surface area contributed by atoms with E-state index in [-0.39, 0.29) is 17.4 Å². The lowest BCUT2D eigenvalue weighted by molar-refractivity contribution is -0.132. The van der Waals surface area contributed by atoms with Crippen LogP contribution in [0, 0.1) is 13.8 Å². The third kappa shape index (κ3) is 3.90. The Morgan fingerprint density at radius 2 is 1.86 bits per heavy atom. The molecule has 0 saturated carbocycles. The Morgan fingerprint density at radius 1 is 1.11 bits per heavy atom. The fraction of sp³-hybridized carbons (Fsp3) is 0.207. The van der Waals surface area contributed by atoms with Gasteiger partial charge in [-0.05, 0) is 79.4 Å². The van der Waals surface area contributed by atoms with Crippen LogP contribution in [0.5, 0.6) is 5.75 Å². The zero-order valence-electron chi connectivity index (χ0n) is 20.4. The van der Waals surface area contributed by atoms with Crippen molar-refractivity contribution in [3.8, 4) is 5.75 Å². The number of aliphatic hydroxyl groups is 1. The van der Waals surface area contributed by atoms with Crippen LogP contribution in [0.4, 0.5) is 5.13 Å². The first-order valence-corrected chi connectivity index (χ1v) is 13.1. The van der Waals surface area contributed by atoms with Crippen molar-refractivity contribution in [2.24, 2.45) is 0 Å². The molecule has 37 heavy (non-hydrogen) atoms. The van der Waals surface area contributed by atoms with Crippen molar-refractivity contribution in [1.29, 1.82) is 0 Å². The van der Waals surface area contributed by atoms with E-state index in [1.54, 1.807) is 36.4 Å². The van der Waals surface area contributed by atoms with Crippen LogP contribution < -0.4 is 9.64 Å². The highest BCUT2D eigenvalue weighted by atomic mass is 35.5. The molecule has 0 bridgehead atoms. The zero-order valence-corrected chi connectivity index (χ0v) is 22.0. The summed E-state index contributed by atoms with van der Waals surface area (Å²) in [7, 11) is 0. The molecule has 3 aromatic carbocycles. The van der Waals surface area contributed by atoms with Gasteiger partial charge in [0.05, 0.1) is 21.8 Å². The van der Waals surface area contributed by atoms with Gasteiger partial charge in [-0.25, -0.2) is 4.98 Å². The Bertz CT molecular complexity index is 1640. The van der Waals surface area contributed by atoms with Crippen LogP contribution in [-0.4, -0.2) is 27.9 Å². The van der Waals surface area contributed by atoms with E-state index in [9.17, 15) is 14.7 Å². The quantitative estimate of drug-likeness (QED) is 0.185. The van der Waals surface area contributed by atoms with Crippen LogP contribution in [0.2, 0.25) is 5.02 Å². The first kappa shape index (κ1) is 23.7. The average Bonchev–Trinajstić information content (AvgIpc) is 3.52. The number of carbonyl (C=O) groups excluding carboxylic acids is 2. The zero-order chi connectivity index (χ0) is 26.0. The molecule has 1 N–H and O–H groups in total. The number of nitrogens with zero attached hydrogens (tertiary/aromatic N) is 2. The minimum Gasteiger partial charge on any atom is -0.507 e. The van der Waals surface area contributed by atoms with Gasteiger partial charge in [-0.1, -0.05) is 41.1 Å². The number of amides is 1. The lowest BCUT2D eigenvalue weighted by Crippen LogP contribution is -2.29. The number of fused-ring (bicyclic) bond motifs is 2. The van der Waals surface area contributed by atoms with Gasteiger partial charge in [0.25, 0.3) is 5.78 Å². The smallest absolute Gasteiger partial charge is 0.301 e. The molecule has 0 radical (unpaired) electrons. The van der Waals surface area contributed by atoms with Gasteiger partial charge in [0.1, 0.15) is 17.6 Å². The monoisotopic (exact) mass is 530 g/mol. The Hall–Kier alpha value is -3.68. The normalized spacial score (nSPS) is 20.5. The molecule has 3 heterocycles. The van der Waals surface area contributed by atoms with Crippen molar-refractivity contribution >= 4 is 55.7 Å². The summed E-state index contributed by atoms with van der Waals surface area (Å²) < 4.78 is 6.71. The molecule has 1 fully saturated rings. The SMILES string of the molecule is Cc1cc(C)c2nc(N3C(=O)C(=O)/C(=C(/O)c4ccc5c(c4)C[C@H](C)O5)[C@H]3c3ccc(Cl)cc3)sc2c1. The summed E-state index contributed by atoms with van der Waals surface area (Å²) in [6.07, 6.45) is 0.744. The number of ether oxygens (including phenoxy) is 1. The number of aromatic nitrogens is 1. The topological polar surface area (TPSA) is 79.7 Å². The van der Waals surface area contributed by atoms with Crippen molar-refractivity contribution in [1.82, 2.24) is 4.98 Å². The number of rotatable bonds is 3. The number of hydrogen-bond donors (Lipinski definition) is 1. The Balaban J connectivity index is 1.54. The molecular formula is C29H23ClN2O4S. The van der Waals surface area contributed by atoms with Gasteiger partial charge in [0, 0.05) is 17.0 Å². The molecule has 0 spiro atoms. The molecular weight excluding hydrogens is 508 g/mol. The van der Waals surface area contributed by atoms with Crippen molar-refractivity contribution in [2.45, 2.75) is 39.3 Å². The molecule has 2 aliphatic rings. The minimum absolute atomic E-state index is 0.0198. The van der Waals surface area contributed by atoms with Gasteiger partial charge >= 0.3 is 5.91 Å². The first-order valence-electron chi connectivity index (χ1n) is 12.0. The Kier molecular flexibility index (Phi) is 5.58. The van der Waals surface area contributed by atoms with Crippen molar-refractivity contribution < 1.29 is 19.4 Å². The van der Waals surface area contributed by atoms with E-state index in [1.165, 1.54) is 16.2 Å². The van der Waals surface area contributed by atoms with Crippen molar-refractivity contribution in [3.05, 3.63) is 93.0 Å². The van der Waals surface area contributed by atoms with E-state index >= 15 is 0 Å². The van der Waals surface area contributed by atoms with E-state index in [2.05, 4.69) is 0 Å². The maximum Gasteiger partial charge on any atom is 0.301 e. The fourth-order valence-electron chi connectivity index (χ4n) is 5.18. The van der Waals surface area contributed by atoms with E-state index in [0.717, 1.165) is 32.7 Å². The van der Waals surface area contributed by atoms with Gasteiger partial charge in [-0.2, -0.15) is 0 Å². The summed E-state index contributed by atoms with van der Waals surface area (Å²) in [5.74, 6) is -0.946. The second-order valence-electron chi connectivity index (χ2n) is 9.60. The lowest BCUT2D eigenvalue weighted by atomic mass is 9.94. The molecule has 6 rings (SSSR count). The summed E-state index contributed by atoms with van der Waals surface area (Å²) >= 11 is 7.50. The van der Waals surface area contributed by atoms with Crippen LogP contribution in [0.15, 0.2) is 60.2 Å². The van der Waals surface area contributed by atoms with Gasteiger partial charge in [-0.3, -0.25) is 14.5 Å². The van der Waals surface area contributed by atoms with Crippen LogP contribution in [0.25, 0.3) is 16.0 Å². The molecule has 4 aromatic rings. The number of halogens is 1. The van der Waals surface area contributed by atoms with Crippen LogP contribution >= 0.6 is 22.9 Å². The molecule has 1 amide bonds. The van der Waals surface area contributed by atoms with Crippen molar-refractivity contribution in [3.63, 3.8) is 0 Å². The van der Waals surface area contributed by atoms with Gasteiger partial charge < -0.3 is 9.84 Å². The standard InChI is InChI=1S/C29H23ClN2O4S/c1-14-10-15(2)24-22(11-14)37-29(31-24)32-25(17-4-7-20(30)8-5-17)23(27(34)28(32)35)26(33)18-6-9-21-19(13-18)12-16(3)36-21/h4-11,13,16,25,33H,12H2,1-3H3/b26-23+/t16-,25+/m0/s1. The number of ketones is 1. The summed E-state index contributed by atoms with van der Waals surface area (Å²) in [5, 5.41) is 12.4. The molecule has 8 heteroatoms. The Labute approximate surface area is 222 Å². The van der Waals surface area contributed by atoms with Crippen LogP contribution in [0.3, 0.4) is 0 Å². The molecule has 1 saturated heterocycles. The molecule has 186 valence electrons. The van der Waals surface area contributed by atoms with Gasteiger partial charge in [0.15, 0.2) is 5.13 Å².